The van der Waals surface area contributed by atoms with E-state index in [0.29, 0.717) is 0 Å². The van der Waals surface area contributed by atoms with Crippen LogP contribution in [0.1, 0.15) is 57.8 Å². The van der Waals surface area contributed by atoms with Crippen LogP contribution in [0.3, 0.4) is 0 Å². The summed E-state index contributed by atoms with van der Waals surface area (Å²) >= 11 is 0. The smallest absolute Gasteiger partial charge is 0.0223 e. The van der Waals surface area contributed by atoms with Crippen LogP contribution >= 0.6 is 0 Å². The Hall–Kier alpha value is -0.0800. The fourth-order valence-electron chi connectivity index (χ4n) is 3.55. The van der Waals surface area contributed by atoms with E-state index >= 15 is 0 Å². The molecule has 0 radical (unpaired) electrons. The van der Waals surface area contributed by atoms with Gasteiger partial charge in [0.2, 0.25) is 0 Å². The molecule has 3 aliphatic rings. The van der Waals surface area contributed by atoms with Crippen molar-refractivity contribution in [3.8, 4) is 0 Å². The first-order valence-electron chi connectivity index (χ1n) is 7.42. The van der Waals surface area contributed by atoms with Crippen molar-refractivity contribution >= 4 is 0 Å². The monoisotopic (exact) mass is 222 g/mol. The highest BCUT2D eigenvalue weighted by molar-refractivity contribution is 4.89. The van der Waals surface area contributed by atoms with Crippen LogP contribution in [0.15, 0.2) is 0 Å². The van der Waals surface area contributed by atoms with E-state index in [2.05, 4.69) is 10.2 Å². The van der Waals surface area contributed by atoms with Gasteiger partial charge in [-0.2, -0.15) is 0 Å². The third kappa shape index (κ3) is 2.60. The summed E-state index contributed by atoms with van der Waals surface area (Å²) < 4.78 is 0. The predicted molar refractivity (Wildman–Crippen MR) is 67.6 cm³/mol. The molecule has 0 bridgehead atoms. The molecule has 2 nitrogen and oxygen atoms in total. The topological polar surface area (TPSA) is 15.3 Å². The van der Waals surface area contributed by atoms with Crippen molar-refractivity contribution < 1.29 is 0 Å². The molecule has 0 spiro atoms. The first-order chi connectivity index (χ1) is 7.93. The standard InChI is InChI=1S/C14H26N2/c1-2-6-13(5-1)16-10-4-3-7-14(16)11-15-12-8-9-12/h12-15H,1-11H2. The zero-order valence-corrected chi connectivity index (χ0v) is 10.5. The van der Waals surface area contributed by atoms with Crippen molar-refractivity contribution in [1.29, 1.82) is 0 Å². The minimum atomic E-state index is 0.859. The fraction of sp³-hybridized carbons (Fsp3) is 1.00. The molecule has 2 saturated carbocycles. The number of hydrogen-bond donors (Lipinski definition) is 1. The Balaban J connectivity index is 1.53. The zero-order valence-electron chi connectivity index (χ0n) is 10.5. The Kier molecular flexibility index (Phi) is 3.49. The lowest BCUT2D eigenvalue weighted by molar-refractivity contribution is 0.0957. The van der Waals surface area contributed by atoms with Crippen LogP contribution in [0, 0.1) is 0 Å². The lowest BCUT2D eigenvalue weighted by Crippen LogP contribution is -2.49. The molecule has 0 aromatic heterocycles. The highest BCUT2D eigenvalue weighted by Crippen LogP contribution is 2.29. The number of rotatable bonds is 4. The summed E-state index contributed by atoms with van der Waals surface area (Å²) in [5, 5.41) is 3.74. The van der Waals surface area contributed by atoms with Crippen LogP contribution in [0.4, 0.5) is 0 Å². The summed E-state index contributed by atoms with van der Waals surface area (Å²) in [6, 6.07) is 2.68. The van der Waals surface area contributed by atoms with Crippen LogP contribution in [0.2, 0.25) is 0 Å². The maximum atomic E-state index is 3.74. The van der Waals surface area contributed by atoms with Gasteiger partial charge in [0, 0.05) is 24.7 Å². The normalized spacial score (nSPS) is 33.4. The second-order valence-electron chi connectivity index (χ2n) is 6.01. The molecule has 3 fully saturated rings. The van der Waals surface area contributed by atoms with Crippen molar-refractivity contribution in [3.63, 3.8) is 0 Å². The predicted octanol–water partition coefficient (Wildman–Crippen LogP) is 2.54. The highest BCUT2D eigenvalue weighted by atomic mass is 15.2. The number of nitrogens with one attached hydrogen (secondary N) is 1. The van der Waals surface area contributed by atoms with Crippen LogP contribution in [-0.4, -0.2) is 36.1 Å². The van der Waals surface area contributed by atoms with E-state index in [1.54, 1.807) is 0 Å². The van der Waals surface area contributed by atoms with E-state index in [1.807, 2.05) is 0 Å². The van der Waals surface area contributed by atoms with Crippen molar-refractivity contribution in [3.05, 3.63) is 0 Å². The van der Waals surface area contributed by atoms with Crippen LogP contribution < -0.4 is 5.32 Å². The molecular formula is C14H26N2. The summed E-state index contributed by atoms with van der Waals surface area (Å²) in [7, 11) is 0. The van der Waals surface area contributed by atoms with Gasteiger partial charge in [-0.25, -0.2) is 0 Å². The maximum Gasteiger partial charge on any atom is 0.0223 e. The van der Waals surface area contributed by atoms with E-state index in [0.717, 1.165) is 18.1 Å². The zero-order chi connectivity index (χ0) is 10.8. The molecule has 1 N–H and O–H groups in total. The van der Waals surface area contributed by atoms with Gasteiger partial charge in [0.1, 0.15) is 0 Å². The van der Waals surface area contributed by atoms with Gasteiger partial charge < -0.3 is 5.32 Å². The third-order valence-corrected chi connectivity index (χ3v) is 4.69. The molecule has 3 rings (SSSR count). The quantitative estimate of drug-likeness (QED) is 0.786. The van der Waals surface area contributed by atoms with Gasteiger partial charge in [-0.3, -0.25) is 4.90 Å². The van der Waals surface area contributed by atoms with Gasteiger partial charge in [0.15, 0.2) is 0 Å². The lowest BCUT2D eigenvalue weighted by atomic mass is 9.99. The van der Waals surface area contributed by atoms with Crippen molar-refractivity contribution in [1.82, 2.24) is 10.2 Å². The van der Waals surface area contributed by atoms with Gasteiger partial charge in [-0.1, -0.05) is 19.3 Å². The van der Waals surface area contributed by atoms with Gasteiger partial charge in [-0.05, 0) is 45.1 Å². The van der Waals surface area contributed by atoms with Crippen LogP contribution in [0.5, 0.6) is 0 Å². The average Bonchev–Trinajstić information content (AvgIpc) is 3.00. The molecule has 2 aliphatic carbocycles. The molecule has 1 atom stereocenters. The van der Waals surface area contributed by atoms with Gasteiger partial charge in [-0.15, -0.1) is 0 Å². The van der Waals surface area contributed by atoms with Crippen molar-refractivity contribution in [2.24, 2.45) is 0 Å². The third-order valence-electron chi connectivity index (χ3n) is 4.69. The highest BCUT2D eigenvalue weighted by Gasteiger charge is 2.31. The van der Waals surface area contributed by atoms with Gasteiger partial charge in [0.05, 0.1) is 0 Å². The van der Waals surface area contributed by atoms with E-state index in [9.17, 15) is 0 Å². The molecule has 1 aliphatic heterocycles. The number of nitrogens with zero attached hydrogens (tertiary/aromatic N) is 1. The average molecular weight is 222 g/mol. The van der Waals surface area contributed by atoms with Crippen LogP contribution in [0.25, 0.3) is 0 Å². The Morgan fingerprint density at radius 1 is 0.875 bits per heavy atom. The molecule has 0 aromatic carbocycles. The second kappa shape index (κ2) is 5.05. The maximum absolute atomic E-state index is 3.74. The Bertz CT molecular complexity index is 219. The molecule has 0 aromatic rings. The largest absolute Gasteiger partial charge is 0.312 e. The summed E-state index contributed by atoms with van der Waals surface area (Å²) in [4.78, 5) is 2.85. The molecule has 92 valence electrons. The summed E-state index contributed by atoms with van der Waals surface area (Å²) in [5.74, 6) is 0. The fourth-order valence-corrected chi connectivity index (χ4v) is 3.55. The van der Waals surface area contributed by atoms with Crippen molar-refractivity contribution in [2.45, 2.75) is 75.9 Å². The molecular weight excluding hydrogens is 196 g/mol. The first kappa shape index (κ1) is 11.0. The van der Waals surface area contributed by atoms with E-state index in [4.69, 9.17) is 0 Å². The second-order valence-corrected chi connectivity index (χ2v) is 6.01. The SMILES string of the molecule is C1CCC(N2CCCCC2CNC2CC2)C1. The lowest BCUT2D eigenvalue weighted by Gasteiger charge is -2.40. The van der Waals surface area contributed by atoms with E-state index in [-0.39, 0.29) is 0 Å². The molecule has 1 unspecified atom stereocenters. The molecule has 0 amide bonds. The molecule has 2 heteroatoms. The van der Waals surface area contributed by atoms with Gasteiger partial charge >= 0.3 is 0 Å². The Morgan fingerprint density at radius 3 is 2.38 bits per heavy atom. The number of piperidine rings is 1. The molecule has 1 saturated heterocycles. The summed E-state index contributed by atoms with van der Waals surface area (Å²) in [6.45, 7) is 2.64. The minimum absolute atomic E-state index is 0.859. The van der Waals surface area contributed by atoms with Crippen molar-refractivity contribution in [2.75, 3.05) is 13.1 Å². The first-order valence-corrected chi connectivity index (χ1v) is 7.42. The Morgan fingerprint density at radius 2 is 1.62 bits per heavy atom. The number of likely N-dealkylation sites (tertiary alicyclic amines) is 1. The molecule has 16 heavy (non-hydrogen) atoms. The van der Waals surface area contributed by atoms with Gasteiger partial charge in [0.25, 0.3) is 0 Å². The molecule has 1 heterocycles. The Labute approximate surface area is 99.8 Å². The summed E-state index contributed by atoms with van der Waals surface area (Å²) in [6.07, 6.45) is 13.1. The van der Waals surface area contributed by atoms with E-state index in [1.165, 1.54) is 70.9 Å². The minimum Gasteiger partial charge on any atom is -0.312 e. The summed E-state index contributed by atoms with van der Waals surface area (Å²) in [5.41, 5.74) is 0. The number of hydrogen-bond acceptors (Lipinski definition) is 2. The van der Waals surface area contributed by atoms with Crippen LogP contribution in [-0.2, 0) is 0 Å². The van der Waals surface area contributed by atoms with E-state index < -0.39 is 0 Å².